The Morgan fingerprint density at radius 2 is 1.61 bits per heavy atom. The number of piperidine rings is 1. The Balaban J connectivity index is 0.994. The molecule has 2 aliphatic rings. The van der Waals surface area contributed by atoms with Crippen LogP contribution in [0.15, 0.2) is 112 Å². The minimum absolute atomic E-state index is 0.00537. The lowest BCUT2D eigenvalue weighted by atomic mass is 9.96. The quantitative estimate of drug-likeness (QED) is 0.0776. The summed E-state index contributed by atoms with van der Waals surface area (Å²) in [6, 6.07) is 25.1. The van der Waals surface area contributed by atoms with E-state index < -0.39 is 41.2 Å². The average Bonchev–Trinajstić information content (AvgIpc) is 3.24. The minimum atomic E-state index is -5.96. The predicted molar refractivity (Wildman–Crippen MR) is 236 cm³/mol. The number of rotatable bonds is 15. The summed E-state index contributed by atoms with van der Waals surface area (Å²) < 4.78 is 111. The molecule has 3 heterocycles. The first-order valence-electron chi connectivity index (χ1n) is 20.3. The molecule has 1 saturated heterocycles. The van der Waals surface area contributed by atoms with Crippen LogP contribution < -0.4 is 14.9 Å². The summed E-state index contributed by atoms with van der Waals surface area (Å²) >= 11 is 1.55. The fourth-order valence-electron chi connectivity index (χ4n) is 7.88. The molecule has 7 rings (SSSR count). The Hall–Kier alpha value is -4.75. The zero-order valence-electron chi connectivity index (χ0n) is 34.6. The van der Waals surface area contributed by atoms with Crippen molar-refractivity contribution in [3.63, 3.8) is 0 Å². The Morgan fingerprint density at radius 3 is 2.31 bits per heavy atom. The fraction of sp³-hybridized carbons (Fsp3) is 0.364. The summed E-state index contributed by atoms with van der Waals surface area (Å²) in [6.07, 6.45) is 3.96. The molecule has 0 spiro atoms. The zero-order chi connectivity index (χ0) is 44.2. The summed E-state index contributed by atoms with van der Waals surface area (Å²) in [5, 5.41) is 2.87. The number of hydrogen-bond donors (Lipinski definition) is 2. The van der Waals surface area contributed by atoms with E-state index >= 15 is 0 Å². The third-order valence-corrected chi connectivity index (χ3v) is 15.2. The summed E-state index contributed by atoms with van der Waals surface area (Å²) in [4.78, 5) is 14.5. The Bertz CT molecular complexity index is 2570. The van der Waals surface area contributed by atoms with Crippen molar-refractivity contribution in [2.75, 3.05) is 54.4 Å². The molecule has 0 amide bonds. The molecule has 2 aliphatic heterocycles. The van der Waals surface area contributed by atoms with Gasteiger partial charge in [-0.05, 0) is 123 Å². The molecular formula is C44H49F4N7O4S3. The second-order valence-electron chi connectivity index (χ2n) is 15.8. The maximum atomic E-state index is 14.0. The number of aromatic nitrogens is 2. The molecule has 5 aromatic rings. The van der Waals surface area contributed by atoms with Gasteiger partial charge in [-0.3, -0.25) is 14.5 Å². The molecule has 62 heavy (non-hydrogen) atoms. The predicted octanol–water partition coefficient (Wildman–Crippen LogP) is 8.45. The summed E-state index contributed by atoms with van der Waals surface area (Å²) in [7, 11) is -6.69. The number of sulfonamides is 1. The molecular weight excluding hydrogens is 863 g/mol. The largest absolute Gasteiger partial charge is 0.501 e. The molecule has 4 aromatic carbocycles. The number of nitrogens with one attached hydrogen (secondary N) is 2. The summed E-state index contributed by atoms with van der Waals surface area (Å²) in [5.41, 5.74) is -0.581. The van der Waals surface area contributed by atoms with Crippen LogP contribution in [0, 0.1) is 5.82 Å². The van der Waals surface area contributed by atoms with Gasteiger partial charge in [0, 0.05) is 62.0 Å². The highest BCUT2D eigenvalue weighted by atomic mass is 32.2. The smallest absolute Gasteiger partial charge is 0.382 e. The van der Waals surface area contributed by atoms with Crippen molar-refractivity contribution in [1.29, 1.82) is 0 Å². The first-order chi connectivity index (χ1) is 29.5. The van der Waals surface area contributed by atoms with Gasteiger partial charge in [0.25, 0.3) is 19.9 Å². The maximum Gasteiger partial charge on any atom is 0.501 e. The molecule has 0 aliphatic carbocycles. The first-order valence-corrected chi connectivity index (χ1v) is 24.2. The number of thioether (sulfide) groups is 1. The van der Waals surface area contributed by atoms with Crippen molar-refractivity contribution >= 4 is 48.8 Å². The van der Waals surface area contributed by atoms with E-state index in [2.05, 4.69) is 41.9 Å². The van der Waals surface area contributed by atoms with Crippen LogP contribution in [-0.2, 0) is 39.4 Å². The average molecular weight is 912 g/mol. The normalized spacial score (nSPS) is 16.1. The molecule has 2 N–H and O–H groups in total. The van der Waals surface area contributed by atoms with Crippen molar-refractivity contribution in [3.8, 4) is 11.1 Å². The van der Waals surface area contributed by atoms with Crippen molar-refractivity contribution < 1.29 is 34.4 Å². The van der Waals surface area contributed by atoms with Gasteiger partial charge < -0.3 is 10.2 Å². The van der Waals surface area contributed by atoms with Gasteiger partial charge in [-0.2, -0.15) is 13.2 Å². The molecule has 18 heteroatoms. The number of halogens is 4. The van der Waals surface area contributed by atoms with Gasteiger partial charge in [0.05, 0.1) is 16.3 Å². The van der Waals surface area contributed by atoms with Crippen LogP contribution >= 0.6 is 11.8 Å². The Labute approximate surface area is 364 Å². The fourth-order valence-corrected chi connectivity index (χ4v) is 11.0. The number of nitrogens with zero attached hydrogens (tertiary/aromatic N) is 5. The van der Waals surface area contributed by atoms with Crippen LogP contribution in [0.25, 0.3) is 11.1 Å². The van der Waals surface area contributed by atoms with E-state index in [1.807, 2.05) is 55.4 Å². The molecule has 330 valence electrons. The third-order valence-electron chi connectivity index (χ3n) is 11.3. The highest BCUT2D eigenvalue weighted by Gasteiger charge is 2.48. The van der Waals surface area contributed by atoms with Gasteiger partial charge in [-0.15, -0.1) is 11.8 Å². The minimum Gasteiger partial charge on any atom is -0.382 e. The Kier molecular flexibility index (Phi) is 13.8. The number of sulfone groups is 1. The molecule has 0 saturated carbocycles. The van der Waals surface area contributed by atoms with Crippen molar-refractivity contribution in [1.82, 2.24) is 19.8 Å². The van der Waals surface area contributed by atoms with Crippen LogP contribution in [0.4, 0.5) is 34.8 Å². The van der Waals surface area contributed by atoms with E-state index in [4.69, 9.17) is 0 Å². The second kappa shape index (κ2) is 18.9. The van der Waals surface area contributed by atoms with Crippen molar-refractivity contribution in [2.45, 2.75) is 78.0 Å². The number of benzene rings is 4. The van der Waals surface area contributed by atoms with E-state index in [1.54, 1.807) is 30.8 Å². The van der Waals surface area contributed by atoms with Crippen molar-refractivity contribution in [3.05, 3.63) is 120 Å². The molecule has 0 unspecified atom stereocenters. The van der Waals surface area contributed by atoms with E-state index in [0.717, 1.165) is 66.3 Å². The number of likely N-dealkylation sites (tertiary alicyclic amines) is 1. The number of fused-ring (bicyclic) bond motifs is 1. The first kappa shape index (κ1) is 45.3. The zero-order valence-corrected chi connectivity index (χ0v) is 37.0. The highest BCUT2D eigenvalue weighted by Crippen LogP contribution is 2.37. The standard InChI is InChI=1S/C44H49F4N7O4S3/c1-30(21-25-60-36-14-12-34(13-15-36)53(2)3)51-40-17-16-37(26-42(40)61(56,57)44(46,47)48)62(58,59)52-43-39-20-24-55(28-41(39)49-29-50-43)35-18-22-54(23-19-35)27-32-6-4-5-7-38(32)31-8-10-33(45)11-9-31/h4-17,26,29-30,35,51H,18-25,27-28H2,1-3H3,(H,49,50,52)/t30-/m1/s1. The maximum absolute atomic E-state index is 14.0. The van der Waals surface area contributed by atoms with Crippen LogP contribution in [0.3, 0.4) is 0 Å². The van der Waals surface area contributed by atoms with Gasteiger partial charge in [0.2, 0.25) is 0 Å². The van der Waals surface area contributed by atoms with Crippen molar-refractivity contribution in [2.24, 2.45) is 0 Å². The van der Waals surface area contributed by atoms with Crippen LogP contribution in [0.2, 0.25) is 0 Å². The lowest BCUT2D eigenvalue weighted by Crippen LogP contribution is -2.46. The molecule has 0 bridgehead atoms. The lowest BCUT2D eigenvalue weighted by molar-refractivity contribution is -0.0435. The van der Waals surface area contributed by atoms with E-state index in [-0.39, 0.29) is 23.4 Å². The molecule has 11 nitrogen and oxygen atoms in total. The van der Waals surface area contributed by atoms with Crippen LogP contribution in [0.5, 0.6) is 0 Å². The monoisotopic (exact) mass is 911 g/mol. The third kappa shape index (κ3) is 10.5. The van der Waals surface area contributed by atoms with Gasteiger partial charge in [-0.1, -0.05) is 36.4 Å². The van der Waals surface area contributed by atoms with Crippen LogP contribution in [-0.4, -0.2) is 93.7 Å². The van der Waals surface area contributed by atoms with Gasteiger partial charge in [0.1, 0.15) is 22.9 Å². The Morgan fingerprint density at radius 1 is 0.903 bits per heavy atom. The van der Waals surface area contributed by atoms with Gasteiger partial charge in [0.15, 0.2) is 0 Å². The number of hydrogen-bond acceptors (Lipinski definition) is 11. The number of anilines is 3. The SMILES string of the molecule is C[C@H](CCSc1ccc(N(C)C)cc1)Nc1ccc(S(=O)(=O)Nc2ncnc3c2CCN(C2CCN(Cc4ccccc4-c4ccc(F)cc4)CC2)C3)cc1S(=O)(=O)C(F)(F)F. The van der Waals surface area contributed by atoms with Gasteiger partial charge in [-0.25, -0.2) is 31.2 Å². The molecule has 0 radical (unpaired) electrons. The second-order valence-corrected chi connectivity index (χ2v) is 20.6. The molecule has 1 atom stereocenters. The van der Waals surface area contributed by atoms with E-state index in [9.17, 15) is 34.4 Å². The summed E-state index contributed by atoms with van der Waals surface area (Å²) in [6.45, 7) is 5.28. The topological polar surface area (TPSA) is 128 Å². The van der Waals surface area contributed by atoms with Crippen LogP contribution in [0.1, 0.15) is 43.0 Å². The van der Waals surface area contributed by atoms with E-state index in [0.29, 0.717) is 49.0 Å². The van der Waals surface area contributed by atoms with Gasteiger partial charge >= 0.3 is 5.51 Å². The highest BCUT2D eigenvalue weighted by molar-refractivity contribution is 7.99. The number of alkyl halides is 3. The van der Waals surface area contributed by atoms with E-state index in [1.165, 1.54) is 24.0 Å². The molecule has 1 aromatic heterocycles. The summed E-state index contributed by atoms with van der Waals surface area (Å²) in [5.74, 6) is 0.306. The molecule has 1 fully saturated rings. The lowest BCUT2D eigenvalue weighted by Gasteiger charge is -2.40.